The second kappa shape index (κ2) is 9.09. The number of amides is 1. The van der Waals surface area contributed by atoms with Gasteiger partial charge in [0.2, 0.25) is 0 Å². The van der Waals surface area contributed by atoms with Gasteiger partial charge in [0.05, 0.1) is 0 Å². The molecule has 0 bridgehead atoms. The van der Waals surface area contributed by atoms with E-state index in [1.165, 1.54) is 4.68 Å². The summed E-state index contributed by atoms with van der Waals surface area (Å²) >= 11 is 0. The van der Waals surface area contributed by atoms with E-state index < -0.39 is 6.04 Å². The maximum Gasteiger partial charge on any atom is 0.253 e. The number of tetrazole rings is 1. The molecule has 1 amide bonds. The second-order valence-electron chi connectivity index (χ2n) is 6.99. The molecule has 2 heterocycles. The Labute approximate surface area is 174 Å². The monoisotopic (exact) mass is 398 g/mol. The van der Waals surface area contributed by atoms with E-state index in [1.54, 1.807) is 13.1 Å². The molecule has 0 radical (unpaired) electrons. The molecule has 30 heavy (non-hydrogen) atoms. The van der Waals surface area contributed by atoms with Gasteiger partial charge in [-0.25, -0.2) is 4.68 Å². The summed E-state index contributed by atoms with van der Waals surface area (Å²) in [7, 11) is 0. The van der Waals surface area contributed by atoms with Crippen LogP contribution in [0.25, 0.3) is 0 Å². The number of rotatable bonds is 7. The highest BCUT2D eigenvalue weighted by atomic mass is 16.2. The normalized spacial score (nSPS) is 11.8. The van der Waals surface area contributed by atoms with Gasteiger partial charge in [-0.3, -0.25) is 9.78 Å². The lowest BCUT2D eigenvalue weighted by Gasteiger charge is -2.18. The van der Waals surface area contributed by atoms with Crippen LogP contribution in [0.3, 0.4) is 0 Å². The third kappa shape index (κ3) is 4.57. The average Bonchev–Trinajstić information content (AvgIpc) is 3.19. The second-order valence-corrected chi connectivity index (χ2v) is 6.99. The molecule has 7 nitrogen and oxygen atoms in total. The number of anilines is 1. The number of nitrogens with one attached hydrogen (secondary N) is 1. The van der Waals surface area contributed by atoms with Gasteiger partial charge in [0.25, 0.3) is 5.91 Å². The molecular weight excluding hydrogens is 376 g/mol. The zero-order valence-corrected chi connectivity index (χ0v) is 16.6. The molecule has 0 saturated heterocycles. The first-order valence-electron chi connectivity index (χ1n) is 9.80. The Morgan fingerprint density at radius 3 is 2.57 bits per heavy atom. The van der Waals surface area contributed by atoms with E-state index in [0.717, 1.165) is 35.3 Å². The van der Waals surface area contributed by atoms with E-state index in [1.807, 2.05) is 66.7 Å². The minimum atomic E-state index is -0.654. The van der Waals surface area contributed by atoms with E-state index in [9.17, 15) is 4.79 Å². The summed E-state index contributed by atoms with van der Waals surface area (Å²) in [5.74, 6) is 0.376. The fraction of sp³-hybridized carbons (Fsp3) is 0.174. The van der Waals surface area contributed by atoms with Gasteiger partial charge in [0.15, 0.2) is 6.04 Å². The lowest BCUT2D eigenvalue weighted by atomic mass is 10.0. The minimum absolute atomic E-state index is 0.196. The number of hydrogen-bond acceptors (Lipinski definition) is 5. The third-order valence-corrected chi connectivity index (χ3v) is 4.86. The zero-order valence-electron chi connectivity index (χ0n) is 16.6. The molecule has 1 N–H and O–H groups in total. The molecule has 150 valence electrons. The quantitative estimate of drug-likeness (QED) is 0.516. The first-order valence-corrected chi connectivity index (χ1v) is 9.80. The predicted octanol–water partition coefficient (Wildman–Crippen LogP) is 3.39. The molecule has 2 aromatic heterocycles. The maximum atomic E-state index is 13.2. The minimum Gasteiger partial charge on any atom is -0.324 e. The molecule has 0 saturated carbocycles. The van der Waals surface area contributed by atoms with E-state index in [4.69, 9.17) is 0 Å². The number of pyridine rings is 1. The van der Waals surface area contributed by atoms with E-state index in [0.29, 0.717) is 5.82 Å². The van der Waals surface area contributed by atoms with Crippen LogP contribution in [0.4, 0.5) is 5.69 Å². The maximum absolute atomic E-state index is 13.2. The standard InChI is InChI=1S/C23H22N6O/c1-17-26-27-28-29(17)22(19-9-3-2-4-10-19)23(30)25-21-12-7-8-18(16-21)13-14-20-11-5-6-15-24-20/h2-12,15-16,22H,13-14H2,1H3,(H,25,30). The molecule has 0 aliphatic carbocycles. The van der Waals surface area contributed by atoms with Gasteiger partial charge in [-0.15, -0.1) is 5.10 Å². The highest BCUT2D eigenvalue weighted by Gasteiger charge is 2.25. The van der Waals surface area contributed by atoms with E-state index in [2.05, 4.69) is 31.9 Å². The van der Waals surface area contributed by atoms with Crippen LogP contribution in [-0.2, 0) is 17.6 Å². The number of carbonyl (C=O) groups is 1. The molecule has 0 fully saturated rings. The van der Waals surface area contributed by atoms with Crippen molar-refractivity contribution in [1.82, 2.24) is 25.2 Å². The summed E-state index contributed by atoms with van der Waals surface area (Å²) < 4.78 is 1.54. The Hall–Kier alpha value is -3.87. The highest BCUT2D eigenvalue weighted by molar-refractivity contribution is 5.95. The van der Waals surface area contributed by atoms with Gasteiger partial charge in [-0.1, -0.05) is 48.5 Å². The van der Waals surface area contributed by atoms with E-state index in [-0.39, 0.29) is 5.91 Å². The first-order chi connectivity index (χ1) is 14.7. The van der Waals surface area contributed by atoms with Crippen molar-refractivity contribution in [3.05, 3.63) is 102 Å². The number of aryl methyl sites for hydroxylation is 3. The van der Waals surface area contributed by atoms with Gasteiger partial charge >= 0.3 is 0 Å². The Morgan fingerprint density at radius 1 is 1.00 bits per heavy atom. The molecule has 7 heteroatoms. The summed E-state index contributed by atoms with van der Waals surface area (Å²) in [6.45, 7) is 1.78. The number of benzene rings is 2. The first kappa shape index (κ1) is 19.4. The van der Waals surface area contributed by atoms with Gasteiger partial charge in [0.1, 0.15) is 5.82 Å². The summed E-state index contributed by atoms with van der Waals surface area (Å²) in [4.78, 5) is 17.6. The zero-order chi connectivity index (χ0) is 20.8. The van der Waals surface area contributed by atoms with Gasteiger partial charge in [0, 0.05) is 17.6 Å². The van der Waals surface area contributed by atoms with Crippen LogP contribution < -0.4 is 5.32 Å². The Kier molecular flexibility index (Phi) is 5.89. The molecule has 1 unspecified atom stereocenters. The van der Waals surface area contributed by atoms with Crippen molar-refractivity contribution < 1.29 is 4.79 Å². The number of carbonyl (C=O) groups excluding carboxylic acids is 1. The Morgan fingerprint density at radius 2 is 1.83 bits per heavy atom. The highest BCUT2D eigenvalue weighted by Crippen LogP contribution is 2.21. The average molecular weight is 398 g/mol. The molecule has 4 aromatic rings. The third-order valence-electron chi connectivity index (χ3n) is 4.86. The van der Waals surface area contributed by atoms with Crippen LogP contribution >= 0.6 is 0 Å². The largest absolute Gasteiger partial charge is 0.324 e. The van der Waals surface area contributed by atoms with Gasteiger partial charge in [-0.05, 0) is 65.6 Å². The van der Waals surface area contributed by atoms with Crippen LogP contribution in [0.5, 0.6) is 0 Å². The smallest absolute Gasteiger partial charge is 0.253 e. The molecule has 0 spiro atoms. The lowest BCUT2D eigenvalue weighted by molar-refractivity contribution is -0.118. The number of nitrogens with zero attached hydrogens (tertiary/aromatic N) is 5. The molecule has 0 aliphatic rings. The summed E-state index contributed by atoms with van der Waals surface area (Å²) in [5.41, 5.74) is 3.74. The SMILES string of the molecule is Cc1nnnn1C(C(=O)Nc1cccc(CCc2ccccn2)c1)c1ccccc1. The molecule has 4 rings (SSSR count). The van der Waals surface area contributed by atoms with Crippen molar-refractivity contribution in [2.75, 3.05) is 5.32 Å². The molecule has 0 aliphatic heterocycles. The van der Waals surface area contributed by atoms with Crippen molar-refractivity contribution >= 4 is 11.6 Å². The lowest BCUT2D eigenvalue weighted by Crippen LogP contribution is -2.28. The fourth-order valence-corrected chi connectivity index (χ4v) is 3.35. The van der Waals surface area contributed by atoms with Crippen LogP contribution in [-0.4, -0.2) is 31.1 Å². The molecule has 2 aromatic carbocycles. The summed E-state index contributed by atoms with van der Waals surface area (Å²) in [5, 5.41) is 14.7. The van der Waals surface area contributed by atoms with Gasteiger partial charge in [-0.2, -0.15) is 0 Å². The summed E-state index contributed by atoms with van der Waals surface area (Å²) in [6.07, 6.45) is 3.49. The van der Waals surface area contributed by atoms with Crippen molar-refractivity contribution in [2.45, 2.75) is 25.8 Å². The molecule has 1 atom stereocenters. The predicted molar refractivity (Wildman–Crippen MR) is 114 cm³/mol. The van der Waals surface area contributed by atoms with Crippen molar-refractivity contribution in [3.63, 3.8) is 0 Å². The number of hydrogen-bond donors (Lipinski definition) is 1. The topological polar surface area (TPSA) is 85.6 Å². The van der Waals surface area contributed by atoms with Crippen LogP contribution in [0.1, 0.15) is 28.7 Å². The van der Waals surface area contributed by atoms with Crippen molar-refractivity contribution in [2.24, 2.45) is 0 Å². The van der Waals surface area contributed by atoms with Crippen molar-refractivity contribution in [1.29, 1.82) is 0 Å². The Bertz CT molecular complexity index is 1110. The number of aromatic nitrogens is 5. The van der Waals surface area contributed by atoms with Crippen molar-refractivity contribution in [3.8, 4) is 0 Å². The Balaban J connectivity index is 1.52. The van der Waals surface area contributed by atoms with Gasteiger partial charge < -0.3 is 5.32 Å². The van der Waals surface area contributed by atoms with Crippen LogP contribution in [0, 0.1) is 6.92 Å². The van der Waals surface area contributed by atoms with Crippen LogP contribution in [0.15, 0.2) is 79.0 Å². The molecular formula is C23H22N6O. The van der Waals surface area contributed by atoms with Crippen LogP contribution in [0.2, 0.25) is 0 Å². The fourth-order valence-electron chi connectivity index (χ4n) is 3.35. The summed E-state index contributed by atoms with van der Waals surface area (Å²) in [6, 6.07) is 22.6. The van der Waals surface area contributed by atoms with E-state index >= 15 is 0 Å².